The third-order valence-corrected chi connectivity index (χ3v) is 4.82. The van der Waals surface area contributed by atoms with Gasteiger partial charge in [0.2, 0.25) is 0 Å². The van der Waals surface area contributed by atoms with Crippen LogP contribution in [0.4, 0.5) is 4.79 Å². The van der Waals surface area contributed by atoms with Crippen molar-refractivity contribution in [3.63, 3.8) is 0 Å². The molecular weight excluding hydrogens is 380 g/mol. The number of aryl methyl sites for hydroxylation is 1. The zero-order chi connectivity index (χ0) is 21.6. The van der Waals surface area contributed by atoms with E-state index in [4.69, 9.17) is 9.73 Å². The predicted octanol–water partition coefficient (Wildman–Crippen LogP) is 3.06. The van der Waals surface area contributed by atoms with Crippen molar-refractivity contribution in [2.75, 3.05) is 26.2 Å². The normalized spacial score (nSPS) is 17.4. The summed E-state index contributed by atoms with van der Waals surface area (Å²) in [5.41, 5.74) is 1.59. The fourth-order valence-electron chi connectivity index (χ4n) is 3.53. The summed E-state index contributed by atoms with van der Waals surface area (Å²) in [5.74, 6) is 1.90. The van der Waals surface area contributed by atoms with Crippen LogP contribution in [0.2, 0.25) is 0 Å². The molecule has 0 spiro atoms. The average molecular weight is 415 g/mol. The molecule has 2 heterocycles. The molecule has 1 aliphatic heterocycles. The molecule has 0 bridgehead atoms. The zero-order valence-corrected chi connectivity index (χ0v) is 18.5. The van der Waals surface area contributed by atoms with Crippen molar-refractivity contribution < 1.29 is 9.53 Å². The van der Waals surface area contributed by atoms with Crippen LogP contribution in [0.5, 0.6) is 0 Å². The van der Waals surface area contributed by atoms with E-state index >= 15 is 0 Å². The van der Waals surface area contributed by atoms with E-state index in [0.717, 1.165) is 68.3 Å². The number of rotatable bonds is 6. The van der Waals surface area contributed by atoms with E-state index in [1.165, 1.54) is 0 Å². The van der Waals surface area contributed by atoms with Gasteiger partial charge in [0.1, 0.15) is 11.4 Å². The maximum atomic E-state index is 12.0. The van der Waals surface area contributed by atoms with Crippen molar-refractivity contribution in [3.8, 4) is 0 Å². The molecule has 0 radical (unpaired) electrons. The Kier molecular flexibility index (Phi) is 7.18. The number of nitrogens with zero attached hydrogens (tertiary/aromatic N) is 3. The smallest absolute Gasteiger partial charge is 0.407 e. The summed E-state index contributed by atoms with van der Waals surface area (Å²) in [6.45, 7) is 10.8. The van der Waals surface area contributed by atoms with Crippen LogP contribution in [-0.4, -0.2) is 64.7 Å². The number of amides is 1. The van der Waals surface area contributed by atoms with Crippen molar-refractivity contribution in [1.29, 1.82) is 0 Å². The molecule has 1 fully saturated rings. The first kappa shape index (κ1) is 21.9. The topological polar surface area (TPSA) is 94.6 Å². The molecule has 8 heteroatoms. The van der Waals surface area contributed by atoms with Crippen LogP contribution < -0.4 is 10.6 Å². The summed E-state index contributed by atoms with van der Waals surface area (Å²) >= 11 is 0. The number of aliphatic imine (C=N–C) groups is 1. The van der Waals surface area contributed by atoms with Crippen molar-refractivity contribution in [2.24, 2.45) is 4.99 Å². The summed E-state index contributed by atoms with van der Waals surface area (Å²) in [5, 5.41) is 6.33. The fraction of sp³-hybridized carbons (Fsp3) is 0.591. The lowest BCUT2D eigenvalue weighted by molar-refractivity contribution is 0.0507. The first-order valence-electron chi connectivity index (χ1n) is 10.8. The number of carbonyl (C=O) groups excluding carboxylic acids is 1. The van der Waals surface area contributed by atoms with E-state index < -0.39 is 5.60 Å². The van der Waals surface area contributed by atoms with Gasteiger partial charge in [0.25, 0.3) is 0 Å². The van der Waals surface area contributed by atoms with E-state index in [1.807, 2.05) is 45.0 Å². The highest BCUT2D eigenvalue weighted by Gasteiger charge is 2.27. The molecular formula is C22H34N6O2. The van der Waals surface area contributed by atoms with Crippen LogP contribution in [0.1, 0.15) is 46.4 Å². The summed E-state index contributed by atoms with van der Waals surface area (Å²) in [4.78, 5) is 27.0. The fourth-order valence-corrected chi connectivity index (χ4v) is 3.53. The number of imidazole rings is 1. The number of para-hydroxylation sites is 2. The number of alkyl carbamates (subject to hydrolysis) is 1. The number of aromatic amines is 1. The Morgan fingerprint density at radius 3 is 2.90 bits per heavy atom. The molecule has 0 saturated carbocycles. The summed E-state index contributed by atoms with van der Waals surface area (Å²) < 4.78 is 5.36. The molecule has 3 rings (SSSR count). The number of likely N-dealkylation sites (tertiary alicyclic amines) is 1. The number of H-pyrrole nitrogens is 1. The molecule has 30 heavy (non-hydrogen) atoms. The van der Waals surface area contributed by atoms with Gasteiger partial charge < -0.3 is 25.3 Å². The average Bonchev–Trinajstić information content (AvgIpc) is 3.29. The number of aromatic nitrogens is 2. The molecule has 1 atom stereocenters. The van der Waals surface area contributed by atoms with Crippen molar-refractivity contribution in [2.45, 2.75) is 58.6 Å². The van der Waals surface area contributed by atoms with Crippen LogP contribution in [0.3, 0.4) is 0 Å². The lowest BCUT2D eigenvalue weighted by Gasteiger charge is -2.23. The number of guanidine groups is 1. The van der Waals surface area contributed by atoms with Gasteiger partial charge in [0.15, 0.2) is 5.96 Å². The quantitative estimate of drug-likeness (QED) is 0.384. The first-order valence-corrected chi connectivity index (χ1v) is 10.8. The molecule has 1 aromatic carbocycles. The van der Waals surface area contributed by atoms with E-state index in [2.05, 4.69) is 32.4 Å². The lowest BCUT2D eigenvalue weighted by Crippen LogP contribution is -2.44. The maximum Gasteiger partial charge on any atom is 0.407 e. The minimum atomic E-state index is -0.487. The minimum Gasteiger partial charge on any atom is -0.444 e. The number of hydrogen-bond donors (Lipinski definition) is 3. The predicted molar refractivity (Wildman–Crippen MR) is 120 cm³/mol. The van der Waals surface area contributed by atoms with Gasteiger partial charge in [0.05, 0.1) is 17.1 Å². The molecule has 2 aromatic rings. The van der Waals surface area contributed by atoms with Gasteiger partial charge in [-0.3, -0.25) is 4.99 Å². The van der Waals surface area contributed by atoms with E-state index in [9.17, 15) is 4.79 Å². The third kappa shape index (κ3) is 6.37. The Morgan fingerprint density at radius 2 is 2.17 bits per heavy atom. The van der Waals surface area contributed by atoms with Crippen molar-refractivity contribution >= 4 is 23.1 Å². The maximum absolute atomic E-state index is 12.0. The van der Waals surface area contributed by atoms with Gasteiger partial charge in [0, 0.05) is 32.6 Å². The Labute approximate surface area is 178 Å². The Balaban J connectivity index is 1.48. The van der Waals surface area contributed by atoms with Crippen LogP contribution in [0.25, 0.3) is 11.0 Å². The number of carbonyl (C=O) groups is 1. The highest BCUT2D eigenvalue weighted by Crippen LogP contribution is 2.13. The standard InChI is InChI=1S/C22H34N6O2/c1-5-23-20(28-14-12-16(15-28)25-21(29)30-22(2,3)4)24-13-8-11-19-26-17-9-6-7-10-18(17)27-19/h6-7,9-10,16H,5,8,11-15H2,1-4H3,(H,23,24)(H,25,29)(H,26,27). The molecule has 0 aliphatic carbocycles. The second kappa shape index (κ2) is 9.82. The Hall–Kier alpha value is -2.77. The van der Waals surface area contributed by atoms with E-state index in [-0.39, 0.29) is 12.1 Å². The highest BCUT2D eigenvalue weighted by atomic mass is 16.6. The summed E-state index contributed by atoms with van der Waals surface area (Å²) in [7, 11) is 0. The molecule has 164 valence electrons. The zero-order valence-electron chi connectivity index (χ0n) is 18.5. The molecule has 1 saturated heterocycles. The van der Waals surface area contributed by atoms with Crippen LogP contribution in [-0.2, 0) is 11.2 Å². The van der Waals surface area contributed by atoms with Gasteiger partial charge in [-0.25, -0.2) is 9.78 Å². The van der Waals surface area contributed by atoms with Crippen molar-refractivity contribution in [1.82, 2.24) is 25.5 Å². The van der Waals surface area contributed by atoms with Gasteiger partial charge in [-0.05, 0) is 52.7 Å². The second-order valence-corrected chi connectivity index (χ2v) is 8.62. The van der Waals surface area contributed by atoms with E-state index in [1.54, 1.807) is 0 Å². The molecule has 1 unspecified atom stereocenters. The van der Waals surface area contributed by atoms with Crippen molar-refractivity contribution in [3.05, 3.63) is 30.1 Å². The van der Waals surface area contributed by atoms with Gasteiger partial charge in [-0.1, -0.05) is 12.1 Å². The molecule has 8 nitrogen and oxygen atoms in total. The molecule has 3 N–H and O–H groups in total. The van der Waals surface area contributed by atoms with Crippen LogP contribution >= 0.6 is 0 Å². The monoisotopic (exact) mass is 414 g/mol. The SMILES string of the molecule is CCNC(=NCCCc1nc2ccccc2[nH]1)N1CCC(NC(=O)OC(C)(C)C)C1. The van der Waals surface area contributed by atoms with Crippen LogP contribution in [0, 0.1) is 0 Å². The minimum absolute atomic E-state index is 0.0688. The lowest BCUT2D eigenvalue weighted by atomic mass is 10.2. The number of hydrogen-bond acceptors (Lipinski definition) is 4. The number of nitrogens with one attached hydrogen (secondary N) is 3. The number of benzene rings is 1. The second-order valence-electron chi connectivity index (χ2n) is 8.62. The summed E-state index contributed by atoms with van der Waals surface area (Å²) in [6, 6.07) is 8.15. The Bertz CT molecular complexity index is 837. The van der Waals surface area contributed by atoms with E-state index in [0.29, 0.717) is 0 Å². The largest absolute Gasteiger partial charge is 0.444 e. The van der Waals surface area contributed by atoms with Gasteiger partial charge >= 0.3 is 6.09 Å². The van der Waals surface area contributed by atoms with Crippen LogP contribution in [0.15, 0.2) is 29.3 Å². The molecule has 1 aliphatic rings. The Morgan fingerprint density at radius 1 is 1.37 bits per heavy atom. The summed E-state index contributed by atoms with van der Waals surface area (Å²) in [6.07, 6.45) is 2.30. The third-order valence-electron chi connectivity index (χ3n) is 4.82. The highest BCUT2D eigenvalue weighted by molar-refractivity contribution is 5.80. The molecule has 1 amide bonds. The first-order chi connectivity index (χ1) is 14.3. The van der Waals surface area contributed by atoms with Gasteiger partial charge in [-0.2, -0.15) is 0 Å². The molecule has 1 aromatic heterocycles. The number of ether oxygens (including phenoxy) is 1. The number of fused-ring (bicyclic) bond motifs is 1. The van der Waals surface area contributed by atoms with Gasteiger partial charge in [-0.15, -0.1) is 0 Å².